The lowest BCUT2D eigenvalue weighted by atomic mass is 9.78. The lowest BCUT2D eigenvalue weighted by molar-refractivity contribution is -0.143. The summed E-state index contributed by atoms with van der Waals surface area (Å²) < 4.78 is 42.1. The van der Waals surface area contributed by atoms with Crippen molar-refractivity contribution in [2.75, 3.05) is 52.9 Å². The maximum absolute atomic E-state index is 11.4. The second-order valence-corrected chi connectivity index (χ2v) is 18.1. The molecule has 4 N–H and O–H groups in total. The third-order valence-corrected chi connectivity index (χ3v) is 10.9. The molecule has 0 spiro atoms. The average Bonchev–Trinajstić information content (AvgIpc) is 3.38. The Balaban J connectivity index is 0.000000390. The summed E-state index contributed by atoms with van der Waals surface area (Å²) in [5.74, 6) is 0.319. The number of aliphatic hydroxyl groups excluding tert-OH is 4. The Labute approximate surface area is 434 Å². The molecule has 4 atom stereocenters. The van der Waals surface area contributed by atoms with E-state index in [-0.39, 0.29) is 86.5 Å². The molecule has 74 heavy (non-hydrogen) atoms. The minimum atomic E-state index is -0.951. The highest BCUT2D eigenvalue weighted by molar-refractivity contribution is 5.88. The van der Waals surface area contributed by atoms with Crippen LogP contribution in [-0.4, -0.2) is 122 Å². The normalized spacial score (nSPS) is 12.9. The predicted molar refractivity (Wildman–Crippen MR) is 279 cm³/mol. The molecule has 400 valence electrons. The predicted octanol–water partition coefficient (Wildman–Crippen LogP) is 7.68. The van der Waals surface area contributed by atoms with Crippen LogP contribution in [0, 0.1) is 0 Å². The molecule has 0 amide bonds. The van der Waals surface area contributed by atoms with Crippen molar-refractivity contribution in [2.45, 2.75) is 90.6 Å². The first kappa shape index (κ1) is 61.1. The Hall–Kier alpha value is -7.24. The standard InChI is InChI=1S/2C29H36O8/c1-19(2)27(32)36-17-23(30)15-34-25-11-7-21(8-12-25)29(5,6)22-9-13-26(14-10-22)35-16-24(31)18-37-28(33)20(3)4;1-6-27(21-7-11-25(12-8-21)34-15-23(30)17-36-28(32)19(2)3)22-9-13-26(14-10-22)35-16-24(31)18-37-29(33)20(4)5/h7-14,23-24,30-31H,1,3,15-18H2,2,4-6H3;7-14,23-24,27,30-31H,2,4,6,15-18H2,1,3,5H3. The molecule has 16 nitrogen and oxygen atoms in total. The Bertz CT molecular complexity index is 2290. The van der Waals surface area contributed by atoms with Crippen molar-refractivity contribution < 1.29 is 77.5 Å². The number of benzene rings is 4. The number of hydrogen-bond donors (Lipinski definition) is 4. The fraction of sp³-hybridized carbons (Fsp3) is 0.379. The summed E-state index contributed by atoms with van der Waals surface area (Å²) in [6, 6.07) is 30.4. The fourth-order valence-corrected chi connectivity index (χ4v) is 6.50. The van der Waals surface area contributed by atoms with Crippen LogP contribution in [0.1, 0.15) is 83.1 Å². The maximum Gasteiger partial charge on any atom is 0.333 e. The molecule has 0 fully saturated rings. The molecule has 4 unspecified atom stereocenters. The molecule has 4 aromatic carbocycles. The largest absolute Gasteiger partial charge is 0.491 e. The van der Waals surface area contributed by atoms with Crippen molar-refractivity contribution in [1.82, 2.24) is 0 Å². The summed E-state index contributed by atoms with van der Waals surface area (Å²) >= 11 is 0. The van der Waals surface area contributed by atoms with E-state index in [2.05, 4.69) is 47.1 Å². The second-order valence-electron chi connectivity index (χ2n) is 18.1. The molecular weight excluding hydrogens is 953 g/mol. The van der Waals surface area contributed by atoms with Crippen molar-refractivity contribution in [1.29, 1.82) is 0 Å². The first-order valence-electron chi connectivity index (χ1n) is 24.0. The van der Waals surface area contributed by atoms with Crippen LogP contribution in [0.15, 0.2) is 146 Å². The van der Waals surface area contributed by atoms with Gasteiger partial charge in [-0.05, 0) is 105 Å². The zero-order valence-electron chi connectivity index (χ0n) is 43.5. The molecule has 0 bridgehead atoms. The van der Waals surface area contributed by atoms with Gasteiger partial charge in [-0.3, -0.25) is 0 Å². The van der Waals surface area contributed by atoms with Crippen LogP contribution >= 0.6 is 0 Å². The van der Waals surface area contributed by atoms with Gasteiger partial charge < -0.3 is 58.3 Å². The van der Waals surface area contributed by atoms with E-state index in [1.54, 1.807) is 13.8 Å². The smallest absolute Gasteiger partial charge is 0.333 e. The maximum atomic E-state index is 11.4. The van der Waals surface area contributed by atoms with Gasteiger partial charge in [0.2, 0.25) is 0 Å². The number of aliphatic hydroxyl groups is 4. The van der Waals surface area contributed by atoms with Crippen LogP contribution in [0.5, 0.6) is 23.0 Å². The summed E-state index contributed by atoms with van der Waals surface area (Å²) in [6.45, 7) is 25.7. The molecule has 0 saturated heterocycles. The summed E-state index contributed by atoms with van der Waals surface area (Å²) in [5.41, 5.74) is 5.09. The first-order valence-corrected chi connectivity index (χ1v) is 24.0. The highest BCUT2D eigenvalue weighted by atomic mass is 16.6. The van der Waals surface area contributed by atoms with E-state index in [0.717, 1.165) is 28.7 Å². The number of carbonyl (C=O) groups is 4. The Morgan fingerprint density at radius 3 is 0.824 bits per heavy atom. The van der Waals surface area contributed by atoms with Crippen molar-refractivity contribution >= 4 is 23.9 Å². The molecule has 0 aromatic heterocycles. The molecule has 16 heteroatoms. The third kappa shape index (κ3) is 21.5. The van der Waals surface area contributed by atoms with Gasteiger partial charge in [-0.2, -0.15) is 0 Å². The van der Waals surface area contributed by atoms with Crippen LogP contribution in [0.3, 0.4) is 0 Å². The van der Waals surface area contributed by atoms with E-state index < -0.39 is 48.3 Å². The van der Waals surface area contributed by atoms with Gasteiger partial charge in [-0.25, -0.2) is 19.2 Å². The van der Waals surface area contributed by atoms with E-state index in [1.165, 1.54) is 13.8 Å². The Kier molecular flexibility index (Phi) is 25.3. The van der Waals surface area contributed by atoms with Gasteiger partial charge in [-0.15, -0.1) is 0 Å². The van der Waals surface area contributed by atoms with Crippen molar-refractivity contribution in [3.05, 3.63) is 168 Å². The highest BCUT2D eigenvalue weighted by Gasteiger charge is 2.24. The molecular formula is C58H72O16. The number of hydrogen-bond acceptors (Lipinski definition) is 16. The Morgan fingerprint density at radius 1 is 0.405 bits per heavy atom. The second kappa shape index (κ2) is 30.7. The van der Waals surface area contributed by atoms with Gasteiger partial charge in [-0.1, -0.05) is 95.6 Å². The van der Waals surface area contributed by atoms with E-state index in [1.807, 2.05) is 97.1 Å². The highest BCUT2D eigenvalue weighted by Crippen LogP contribution is 2.34. The quantitative estimate of drug-likeness (QED) is 0.0233. The SMILES string of the molecule is C=C(C)C(=O)OCC(O)COc1ccc(C(C)(C)c2ccc(OCC(O)COC(=O)C(=C)C)cc2)cc1.C=C(C)C(=O)OCC(O)COc1ccc(C(CC)c2ccc(OCC(O)COC(=O)C(=C)C)cc2)cc1. The first-order chi connectivity index (χ1) is 35.0. The molecule has 4 aromatic rings. The molecule has 0 heterocycles. The van der Waals surface area contributed by atoms with Gasteiger partial charge in [0.15, 0.2) is 0 Å². The molecule has 0 saturated carbocycles. The summed E-state index contributed by atoms with van der Waals surface area (Å²) in [6.07, 6.45) is -2.92. The van der Waals surface area contributed by atoms with Crippen molar-refractivity contribution in [3.63, 3.8) is 0 Å². The van der Waals surface area contributed by atoms with Gasteiger partial charge in [0.1, 0.15) is 100 Å². The van der Waals surface area contributed by atoms with E-state index in [4.69, 9.17) is 37.9 Å². The number of rotatable bonds is 29. The zero-order valence-corrected chi connectivity index (χ0v) is 43.5. The van der Waals surface area contributed by atoms with Crippen LogP contribution in [-0.2, 0) is 43.5 Å². The minimum absolute atomic E-state index is 0.00743. The van der Waals surface area contributed by atoms with E-state index in [0.29, 0.717) is 23.0 Å². The Morgan fingerprint density at radius 2 is 0.622 bits per heavy atom. The monoisotopic (exact) mass is 1020 g/mol. The van der Waals surface area contributed by atoms with Crippen LogP contribution in [0.4, 0.5) is 0 Å². The number of esters is 4. The van der Waals surface area contributed by atoms with Gasteiger partial charge >= 0.3 is 23.9 Å². The van der Waals surface area contributed by atoms with Crippen LogP contribution in [0.25, 0.3) is 0 Å². The zero-order chi connectivity index (χ0) is 55.0. The number of carbonyl (C=O) groups excluding carboxylic acids is 4. The summed E-state index contributed by atoms with van der Waals surface area (Å²) in [5, 5.41) is 39.8. The van der Waals surface area contributed by atoms with E-state index in [9.17, 15) is 39.6 Å². The van der Waals surface area contributed by atoms with Gasteiger partial charge in [0, 0.05) is 33.6 Å². The molecule has 0 aliphatic heterocycles. The molecule has 0 radical (unpaired) electrons. The van der Waals surface area contributed by atoms with Gasteiger partial charge in [0.05, 0.1) is 0 Å². The third-order valence-electron chi connectivity index (χ3n) is 10.9. The molecule has 0 aliphatic carbocycles. The lowest BCUT2D eigenvalue weighted by Crippen LogP contribution is -2.25. The summed E-state index contributed by atoms with van der Waals surface area (Å²) in [7, 11) is 0. The van der Waals surface area contributed by atoms with Crippen molar-refractivity contribution in [2.24, 2.45) is 0 Å². The summed E-state index contributed by atoms with van der Waals surface area (Å²) in [4.78, 5) is 45.6. The van der Waals surface area contributed by atoms with Crippen molar-refractivity contribution in [3.8, 4) is 23.0 Å². The van der Waals surface area contributed by atoms with Crippen LogP contribution < -0.4 is 18.9 Å². The topological polar surface area (TPSA) is 223 Å². The average molecular weight is 1030 g/mol. The lowest BCUT2D eigenvalue weighted by Gasteiger charge is -2.26. The fourth-order valence-electron chi connectivity index (χ4n) is 6.50. The van der Waals surface area contributed by atoms with Crippen LogP contribution in [0.2, 0.25) is 0 Å². The van der Waals surface area contributed by atoms with Gasteiger partial charge in [0.25, 0.3) is 0 Å². The molecule has 0 aliphatic rings. The molecule has 4 rings (SSSR count). The number of ether oxygens (including phenoxy) is 8. The van der Waals surface area contributed by atoms with E-state index >= 15 is 0 Å². The minimum Gasteiger partial charge on any atom is -0.491 e.